The highest BCUT2D eigenvalue weighted by Crippen LogP contribution is 2.39. The van der Waals surface area contributed by atoms with Crippen LogP contribution in [0.4, 0.5) is 17.6 Å². The van der Waals surface area contributed by atoms with E-state index in [0.717, 1.165) is 6.42 Å². The van der Waals surface area contributed by atoms with Gasteiger partial charge in [-0.3, -0.25) is 0 Å². The summed E-state index contributed by atoms with van der Waals surface area (Å²) in [5.41, 5.74) is -3.88. The van der Waals surface area contributed by atoms with E-state index in [1.54, 1.807) is 0 Å². The molecule has 0 aromatic rings. The Morgan fingerprint density at radius 1 is 1.11 bits per heavy atom. The number of carbonyl (C=O) groups is 1. The Labute approximate surface area is 105 Å². The second-order valence-electron chi connectivity index (χ2n) is 4.56. The van der Waals surface area contributed by atoms with Gasteiger partial charge in [-0.1, -0.05) is 26.2 Å². The molecule has 18 heavy (non-hydrogen) atoms. The molecule has 0 aromatic heterocycles. The lowest BCUT2D eigenvalue weighted by atomic mass is 9.97. The highest BCUT2D eigenvalue weighted by atomic mass is 19.4. The molecule has 0 aromatic carbocycles. The first kappa shape index (κ1) is 17.2. The smallest absolute Gasteiger partial charge is 0.433 e. The standard InChI is InChI=1S/C12H20F4O2/c1-4-5-6-7-8-11(13,12(14,15)16)10(17)18-9(2)3/h9H,4-8H2,1-3H3. The van der Waals surface area contributed by atoms with Crippen LogP contribution in [0, 0.1) is 0 Å². The number of carbonyl (C=O) groups excluding carboxylic acids is 1. The van der Waals surface area contributed by atoms with Gasteiger partial charge in [-0.05, 0) is 20.3 Å². The fraction of sp³-hybridized carbons (Fsp3) is 0.917. The molecule has 0 spiro atoms. The summed E-state index contributed by atoms with van der Waals surface area (Å²) in [6, 6.07) is 0. The molecule has 0 fully saturated rings. The van der Waals surface area contributed by atoms with E-state index in [0.29, 0.717) is 12.8 Å². The van der Waals surface area contributed by atoms with E-state index >= 15 is 0 Å². The molecule has 0 saturated heterocycles. The summed E-state index contributed by atoms with van der Waals surface area (Å²) < 4.78 is 56.2. The molecule has 0 aliphatic heterocycles. The number of rotatable bonds is 7. The summed E-state index contributed by atoms with van der Waals surface area (Å²) in [4.78, 5) is 11.3. The molecule has 0 N–H and O–H groups in total. The maximum Gasteiger partial charge on any atom is 0.433 e. The van der Waals surface area contributed by atoms with Gasteiger partial charge in [-0.2, -0.15) is 13.2 Å². The molecule has 0 amide bonds. The van der Waals surface area contributed by atoms with Crippen molar-refractivity contribution in [3.8, 4) is 0 Å². The van der Waals surface area contributed by atoms with Crippen molar-refractivity contribution in [3.63, 3.8) is 0 Å². The fourth-order valence-corrected chi connectivity index (χ4v) is 1.46. The molecule has 2 nitrogen and oxygen atoms in total. The van der Waals surface area contributed by atoms with Crippen LogP contribution in [0.3, 0.4) is 0 Å². The minimum atomic E-state index is -5.23. The van der Waals surface area contributed by atoms with Crippen LogP contribution in [0.1, 0.15) is 52.9 Å². The van der Waals surface area contributed by atoms with Crippen molar-refractivity contribution in [2.24, 2.45) is 0 Å². The van der Waals surface area contributed by atoms with E-state index in [4.69, 9.17) is 0 Å². The van der Waals surface area contributed by atoms with Gasteiger partial charge >= 0.3 is 17.8 Å². The van der Waals surface area contributed by atoms with Crippen LogP contribution in [0.15, 0.2) is 0 Å². The summed E-state index contributed by atoms with van der Waals surface area (Å²) >= 11 is 0. The summed E-state index contributed by atoms with van der Waals surface area (Å²) in [6.45, 7) is 4.65. The number of hydrogen-bond donors (Lipinski definition) is 0. The zero-order chi connectivity index (χ0) is 14.4. The van der Waals surface area contributed by atoms with E-state index in [1.165, 1.54) is 13.8 Å². The number of alkyl halides is 4. The highest BCUT2D eigenvalue weighted by molar-refractivity contribution is 5.80. The Hall–Kier alpha value is -0.810. The van der Waals surface area contributed by atoms with Gasteiger partial charge in [0.1, 0.15) is 0 Å². The largest absolute Gasteiger partial charge is 0.460 e. The molecule has 1 unspecified atom stereocenters. The molecule has 6 heteroatoms. The maximum absolute atomic E-state index is 13.9. The molecular formula is C12H20F4O2. The van der Waals surface area contributed by atoms with E-state index in [1.807, 2.05) is 6.92 Å². The Kier molecular flexibility index (Phi) is 6.63. The SMILES string of the molecule is CCCCCCC(F)(C(=O)OC(C)C)C(F)(F)F. The first-order valence-electron chi connectivity index (χ1n) is 6.12. The van der Waals surface area contributed by atoms with Gasteiger partial charge in [-0.25, -0.2) is 9.18 Å². The third kappa shape index (κ3) is 4.82. The second kappa shape index (κ2) is 6.95. The van der Waals surface area contributed by atoms with Crippen LogP contribution >= 0.6 is 0 Å². The van der Waals surface area contributed by atoms with Gasteiger partial charge in [-0.15, -0.1) is 0 Å². The lowest BCUT2D eigenvalue weighted by Crippen LogP contribution is -2.49. The average molecular weight is 272 g/mol. The summed E-state index contributed by atoms with van der Waals surface area (Å²) in [5.74, 6) is -1.83. The van der Waals surface area contributed by atoms with Crippen molar-refractivity contribution < 1.29 is 27.1 Å². The Bertz CT molecular complexity index is 263. The number of hydrogen-bond acceptors (Lipinski definition) is 2. The van der Waals surface area contributed by atoms with Crippen molar-refractivity contribution in [2.45, 2.75) is 70.8 Å². The molecule has 108 valence electrons. The second-order valence-corrected chi connectivity index (χ2v) is 4.56. The molecule has 0 radical (unpaired) electrons. The predicted molar refractivity (Wildman–Crippen MR) is 59.9 cm³/mol. The van der Waals surface area contributed by atoms with Gasteiger partial charge in [0.2, 0.25) is 0 Å². The third-order valence-electron chi connectivity index (χ3n) is 2.49. The fourth-order valence-electron chi connectivity index (χ4n) is 1.46. The molecule has 0 aliphatic carbocycles. The molecule has 1 atom stereocenters. The van der Waals surface area contributed by atoms with E-state index in [9.17, 15) is 22.4 Å². The first-order chi connectivity index (χ1) is 8.15. The van der Waals surface area contributed by atoms with Crippen molar-refractivity contribution >= 4 is 5.97 Å². The van der Waals surface area contributed by atoms with Crippen LogP contribution < -0.4 is 0 Å². The predicted octanol–water partition coefficient (Wildman–Crippen LogP) is 4.18. The van der Waals surface area contributed by atoms with Crippen LogP contribution in [-0.2, 0) is 9.53 Å². The Morgan fingerprint density at radius 3 is 2.06 bits per heavy atom. The van der Waals surface area contributed by atoms with Crippen LogP contribution in [0.25, 0.3) is 0 Å². The minimum Gasteiger partial charge on any atom is -0.460 e. The molecule has 0 aliphatic rings. The molecule has 0 rings (SSSR count). The maximum atomic E-state index is 13.9. The van der Waals surface area contributed by atoms with Gasteiger partial charge in [0, 0.05) is 6.42 Å². The number of unbranched alkanes of at least 4 members (excludes halogenated alkanes) is 3. The van der Waals surface area contributed by atoms with Crippen LogP contribution in [0.5, 0.6) is 0 Å². The van der Waals surface area contributed by atoms with Gasteiger partial charge < -0.3 is 4.74 Å². The summed E-state index contributed by atoms with van der Waals surface area (Å²) in [5, 5.41) is 0. The molecular weight excluding hydrogens is 252 g/mol. The van der Waals surface area contributed by atoms with Crippen molar-refractivity contribution in [1.82, 2.24) is 0 Å². The van der Waals surface area contributed by atoms with Crippen molar-refractivity contribution in [1.29, 1.82) is 0 Å². The highest BCUT2D eigenvalue weighted by Gasteiger charge is 2.62. The zero-order valence-electron chi connectivity index (χ0n) is 10.9. The van der Waals surface area contributed by atoms with E-state index in [-0.39, 0.29) is 6.42 Å². The van der Waals surface area contributed by atoms with Gasteiger partial charge in [0.05, 0.1) is 6.10 Å². The van der Waals surface area contributed by atoms with Crippen LogP contribution in [-0.4, -0.2) is 23.9 Å². The Morgan fingerprint density at radius 2 is 1.67 bits per heavy atom. The topological polar surface area (TPSA) is 26.3 Å². The average Bonchev–Trinajstić information content (AvgIpc) is 2.21. The molecule has 0 saturated carbocycles. The van der Waals surface area contributed by atoms with E-state index in [2.05, 4.69) is 4.74 Å². The van der Waals surface area contributed by atoms with Gasteiger partial charge in [0.15, 0.2) is 0 Å². The number of esters is 1. The minimum absolute atomic E-state index is 0.0110. The monoisotopic (exact) mass is 272 g/mol. The Balaban J connectivity index is 4.69. The quantitative estimate of drug-likeness (QED) is 0.395. The number of halogens is 4. The lowest BCUT2D eigenvalue weighted by molar-refractivity contribution is -0.242. The molecule has 0 heterocycles. The first-order valence-corrected chi connectivity index (χ1v) is 6.12. The number of ether oxygens (including phenoxy) is 1. The summed E-state index contributed by atoms with van der Waals surface area (Å²) in [6.07, 6.45) is -4.86. The van der Waals surface area contributed by atoms with Crippen molar-refractivity contribution in [3.05, 3.63) is 0 Å². The van der Waals surface area contributed by atoms with Crippen LogP contribution in [0.2, 0.25) is 0 Å². The summed E-state index contributed by atoms with van der Waals surface area (Å²) in [7, 11) is 0. The van der Waals surface area contributed by atoms with E-state index < -0.39 is 30.3 Å². The molecule has 0 bridgehead atoms. The van der Waals surface area contributed by atoms with Gasteiger partial charge in [0.25, 0.3) is 0 Å². The zero-order valence-corrected chi connectivity index (χ0v) is 10.9. The normalized spacial score (nSPS) is 15.6. The third-order valence-corrected chi connectivity index (χ3v) is 2.49. The lowest BCUT2D eigenvalue weighted by Gasteiger charge is -2.26. The van der Waals surface area contributed by atoms with Crippen molar-refractivity contribution in [2.75, 3.05) is 0 Å².